The summed E-state index contributed by atoms with van der Waals surface area (Å²) in [4.78, 5) is 27.2. The van der Waals surface area contributed by atoms with Gasteiger partial charge in [-0.25, -0.2) is 4.68 Å². The molecule has 0 saturated carbocycles. The summed E-state index contributed by atoms with van der Waals surface area (Å²) < 4.78 is 1.51. The largest absolute Gasteiger partial charge is 0.300 e. The van der Waals surface area contributed by atoms with Gasteiger partial charge in [-0.3, -0.25) is 9.59 Å². The Hall–Kier alpha value is -2.56. The number of hydrogen-bond acceptors (Lipinski definition) is 4. The van der Waals surface area contributed by atoms with Gasteiger partial charge in [0.15, 0.2) is 11.5 Å². The maximum absolute atomic E-state index is 11.8. The molecule has 0 unspecified atom stereocenters. The molecule has 1 aromatic heterocycles. The van der Waals surface area contributed by atoms with Crippen LogP contribution in [0.1, 0.15) is 16.9 Å². The maximum atomic E-state index is 11.8. The fourth-order valence-electron chi connectivity index (χ4n) is 1.60. The first kappa shape index (κ1) is 12.9. The van der Waals surface area contributed by atoms with Crippen molar-refractivity contribution in [2.75, 3.05) is 7.05 Å². The van der Waals surface area contributed by atoms with Crippen molar-refractivity contribution in [3.05, 3.63) is 58.5 Å². The van der Waals surface area contributed by atoms with Gasteiger partial charge in [-0.15, -0.1) is 0 Å². The van der Waals surface area contributed by atoms with Crippen LogP contribution < -0.4 is 5.43 Å². The average molecular weight is 255 g/mol. The van der Waals surface area contributed by atoms with Crippen molar-refractivity contribution in [1.29, 1.82) is 0 Å². The van der Waals surface area contributed by atoms with E-state index in [-0.39, 0.29) is 23.3 Å². The van der Waals surface area contributed by atoms with Crippen LogP contribution in [0.3, 0.4) is 0 Å². The SMILES string of the molecule is CN=CCC(=O)c1nn(-c2ccccc2)ccc1=O. The van der Waals surface area contributed by atoms with Crippen LogP contribution in [0.15, 0.2) is 52.4 Å². The van der Waals surface area contributed by atoms with E-state index in [1.165, 1.54) is 17.0 Å². The quantitative estimate of drug-likeness (QED) is 0.614. The summed E-state index contributed by atoms with van der Waals surface area (Å²) in [6.07, 6.45) is 3.09. The number of nitrogens with zero attached hydrogens (tertiary/aromatic N) is 3. The summed E-state index contributed by atoms with van der Waals surface area (Å²) in [5.41, 5.74) is 0.355. The molecule has 0 atom stereocenters. The number of ketones is 1. The smallest absolute Gasteiger partial charge is 0.211 e. The second-order valence-electron chi connectivity index (χ2n) is 3.88. The van der Waals surface area contributed by atoms with Gasteiger partial charge in [-0.1, -0.05) is 18.2 Å². The third kappa shape index (κ3) is 3.01. The Kier molecular flexibility index (Phi) is 3.97. The Bertz CT molecular complexity index is 660. The van der Waals surface area contributed by atoms with E-state index in [2.05, 4.69) is 10.1 Å². The van der Waals surface area contributed by atoms with Crippen LogP contribution >= 0.6 is 0 Å². The molecule has 2 aromatic rings. The van der Waals surface area contributed by atoms with Gasteiger partial charge in [-0.05, 0) is 12.1 Å². The topological polar surface area (TPSA) is 64.3 Å². The highest BCUT2D eigenvalue weighted by molar-refractivity contribution is 6.02. The Morgan fingerprint density at radius 2 is 2.05 bits per heavy atom. The van der Waals surface area contributed by atoms with E-state index >= 15 is 0 Å². The molecule has 2 rings (SSSR count). The van der Waals surface area contributed by atoms with Gasteiger partial charge < -0.3 is 4.99 Å². The summed E-state index contributed by atoms with van der Waals surface area (Å²) in [5, 5.41) is 4.09. The molecule has 0 amide bonds. The Balaban J connectivity index is 2.40. The van der Waals surface area contributed by atoms with E-state index in [9.17, 15) is 9.59 Å². The normalized spacial score (nSPS) is 10.8. The van der Waals surface area contributed by atoms with Crippen molar-refractivity contribution in [2.45, 2.75) is 6.42 Å². The number of carbonyl (C=O) groups excluding carboxylic acids is 1. The van der Waals surface area contributed by atoms with Crippen molar-refractivity contribution >= 4 is 12.0 Å². The molecule has 1 aromatic carbocycles. The van der Waals surface area contributed by atoms with Gasteiger partial charge in [0.05, 0.1) is 5.69 Å². The number of rotatable bonds is 4. The molecule has 0 bridgehead atoms. The molecule has 0 spiro atoms. The van der Waals surface area contributed by atoms with Gasteiger partial charge in [-0.2, -0.15) is 5.10 Å². The van der Waals surface area contributed by atoms with E-state index in [0.29, 0.717) is 0 Å². The molecule has 1 heterocycles. The molecule has 0 saturated heterocycles. The summed E-state index contributed by atoms with van der Waals surface area (Å²) in [6.45, 7) is 0. The van der Waals surface area contributed by atoms with Crippen LogP contribution in [-0.2, 0) is 0 Å². The van der Waals surface area contributed by atoms with Gasteiger partial charge >= 0.3 is 0 Å². The zero-order chi connectivity index (χ0) is 13.7. The Morgan fingerprint density at radius 3 is 2.74 bits per heavy atom. The highest BCUT2D eigenvalue weighted by atomic mass is 16.1. The molecule has 5 nitrogen and oxygen atoms in total. The highest BCUT2D eigenvalue weighted by Gasteiger charge is 2.11. The molecule has 0 N–H and O–H groups in total. The molecule has 0 aliphatic heterocycles. The van der Waals surface area contributed by atoms with Crippen molar-refractivity contribution < 1.29 is 4.79 Å². The van der Waals surface area contributed by atoms with Crippen LogP contribution in [0.4, 0.5) is 0 Å². The first-order chi connectivity index (χ1) is 9.22. The molecule has 0 aliphatic carbocycles. The number of hydrogen-bond donors (Lipinski definition) is 0. The van der Waals surface area contributed by atoms with Crippen LogP contribution in [0.25, 0.3) is 5.69 Å². The summed E-state index contributed by atoms with van der Waals surface area (Å²) in [5.74, 6) is -0.333. The van der Waals surface area contributed by atoms with Crippen molar-refractivity contribution in [1.82, 2.24) is 9.78 Å². The minimum absolute atomic E-state index is 0.0637. The first-order valence-corrected chi connectivity index (χ1v) is 5.81. The lowest BCUT2D eigenvalue weighted by molar-refractivity contribution is 0.0994. The zero-order valence-electron chi connectivity index (χ0n) is 10.5. The Morgan fingerprint density at radius 1 is 1.32 bits per heavy atom. The third-order valence-corrected chi connectivity index (χ3v) is 2.55. The van der Waals surface area contributed by atoms with E-state index in [0.717, 1.165) is 5.69 Å². The molecular formula is C14H13N3O2. The number of aromatic nitrogens is 2. The minimum atomic E-state index is -0.373. The molecular weight excluding hydrogens is 242 g/mol. The predicted octanol–water partition coefficient (Wildman–Crippen LogP) is 1.51. The molecule has 5 heteroatoms. The fourth-order valence-corrected chi connectivity index (χ4v) is 1.60. The third-order valence-electron chi connectivity index (χ3n) is 2.55. The lowest BCUT2D eigenvalue weighted by atomic mass is 10.2. The highest BCUT2D eigenvalue weighted by Crippen LogP contribution is 2.04. The number of Topliss-reactive ketones (excluding diaryl/α,β-unsaturated/α-hetero) is 1. The number of para-hydroxylation sites is 1. The number of benzene rings is 1. The lowest BCUT2D eigenvalue weighted by Crippen LogP contribution is -2.20. The van der Waals surface area contributed by atoms with Gasteiger partial charge in [0, 0.05) is 31.9 Å². The molecule has 19 heavy (non-hydrogen) atoms. The second kappa shape index (κ2) is 5.86. The molecule has 96 valence electrons. The summed E-state index contributed by atoms with van der Waals surface area (Å²) in [7, 11) is 1.58. The van der Waals surface area contributed by atoms with Crippen molar-refractivity contribution in [2.24, 2.45) is 4.99 Å². The van der Waals surface area contributed by atoms with E-state index in [1.54, 1.807) is 13.2 Å². The van der Waals surface area contributed by atoms with Crippen LogP contribution in [-0.4, -0.2) is 28.8 Å². The molecule has 0 radical (unpaired) electrons. The van der Waals surface area contributed by atoms with Crippen LogP contribution in [0, 0.1) is 0 Å². The second-order valence-corrected chi connectivity index (χ2v) is 3.88. The minimum Gasteiger partial charge on any atom is -0.300 e. The lowest BCUT2D eigenvalue weighted by Gasteiger charge is -2.05. The van der Waals surface area contributed by atoms with E-state index < -0.39 is 0 Å². The van der Waals surface area contributed by atoms with E-state index in [4.69, 9.17) is 0 Å². The maximum Gasteiger partial charge on any atom is 0.211 e. The predicted molar refractivity (Wildman–Crippen MR) is 73.2 cm³/mol. The van der Waals surface area contributed by atoms with Crippen molar-refractivity contribution in [3.8, 4) is 5.69 Å². The van der Waals surface area contributed by atoms with Crippen LogP contribution in [0.5, 0.6) is 0 Å². The van der Waals surface area contributed by atoms with Crippen LogP contribution in [0.2, 0.25) is 0 Å². The van der Waals surface area contributed by atoms with Gasteiger partial charge in [0.2, 0.25) is 5.43 Å². The fraction of sp³-hybridized carbons (Fsp3) is 0.143. The summed E-state index contributed by atoms with van der Waals surface area (Å²) in [6, 6.07) is 10.6. The Labute approximate surface area is 110 Å². The summed E-state index contributed by atoms with van der Waals surface area (Å²) >= 11 is 0. The number of aliphatic imine (C=N–C) groups is 1. The molecule has 0 aliphatic rings. The zero-order valence-corrected chi connectivity index (χ0v) is 10.5. The van der Waals surface area contributed by atoms with Gasteiger partial charge in [0.1, 0.15) is 0 Å². The van der Waals surface area contributed by atoms with Gasteiger partial charge in [0.25, 0.3) is 0 Å². The standard InChI is InChI=1S/C14H13N3O2/c1-15-9-7-12(18)14-13(19)8-10-17(16-14)11-5-3-2-4-6-11/h2-6,8-10H,7H2,1H3. The monoisotopic (exact) mass is 255 g/mol. The molecule has 0 fully saturated rings. The van der Waals surface area contributed by atoms with Crippen molar-refractivity contribution in [3.63, 3.8) is 0 Å². The number of carbonyl (C=O) groups is 1. The first-order valence-electron chi connectivity index (χ1n) is 5.81. The van der Waals surface area contributed by atoms with E-state index in [1.807, 2.05) is 30.3 Å². The average Bonchev–Trinajstić information content (AvgIpc) is 2.46.